The number of rotatable bonds is 2. The van der Waals surface area contributed by atoms with Crippen molar-refractivity contribution in [3.63, 3.8) is 0 Å². The van der Waals surface area contributed by atoms with E-state index in [4.69, 9.17) is 0 Å². The van der Waals surface area contributed by atoms with Crippen molar-refractivity contribution in [2.24, 2.45) is 0 Å². The minimum Gasteiger partial charge on any atom is -0.345 e. The molecule has 1 N–H and O–H groups in total. The molecule has 19 heavy (non-hydrogen) atoms. The Morgan fingerprint density at radius 3 is 2.37 bits per heavy atom. The van der Waals surface area contributed by atoms with Gasteiger partial charge in [0.2, 0.25) is 0 Å². The number of nitrogens with zero attached hydrogens (tertiary/aromatic N) is 3. The number of carbonyl (C=O) groups is 1. The molecule has 0 unspecified atom stereocenters. The Bertz CT molecular complexity index is 430. The molecule has 1 aliphatic heterocycles. The van der Waals surface area contributed by atoms with Gasteiger partial charge in [0, 0.05) is 37.1 Å². The Kier molecular flexibility index (Phi) is 4.29. The summed E-state index contributed by atoms with van der Waals surface area (Å²) in [6.07, 6.45) is 0. The van der Waals surface area contributed by atoms with Crippen molar-refractivity contribution in [2.75, 3.05) is 31.1 Å². The second kappa shape index (κ2) is 5.77. The lowest BCUT2D eigenvalue weighted by Gasteiger charge is -2.34. The summed E-state index contributed by atoms with van der Waals surface area (Å²) in [6.45, 7) is 11.3. The van der Waals surface area contributed by atoms with Crippen LogP contribution in [-0.4, -0.2) is 48.1 Å². The second-order valence-electron chi connectivity index (χ2n) is 5.22. The Morgan fingerprint density at radius 2 is 1.89 bits per heavy atom. The summed E-state index contributed by atoms with van der Waals surface area (Å²) >= 11 is 1.74. The highest BCUT2D eigenvalue weighted by Crippen LogP contribution is 2.25. The lowest BCUT2D eigenvalue weighted by atomic mass is 10.3. The molecule has 2 heterocycles. The van der Waals surface area contributed by atoms with Crippen molar-refractivity contribution in [3.8, 4) is 0 Å². The van der Waals surface area contributed by atoms with Gasteiger partial charge in [-0.2, -0.15) is 0 Å². The number of hydrogen-bond donors (Lipinski definition) is 1. The van der Waals surface area contributed by atoms with Crippen molar-refractivity contribution in [1.29, 1.82) is 0 Å². The van der Waals surface area contributed by atoms with Crippen LogP contribution >= 0.6 is 11.3 Å². The SMILES string of the molecule is Cc1nc(N2CCN(C(=O)NC(C)C)CC2)sc1C. The number of aromatic nitrogens is 1. The first-order valence-corrected chi connectivity index (χ1v) is 7.53. The van der Waals surface area contributed by atoms with Crippen LogP contribution in [0.2, 0.25) is 0 Å². The third-order valence-electron chi connectivity index (χ3n) is 3.27. The van der Waals surface area contributed by atoms with Crippen LogP contribution in [0.1, 0.15) is 24.4 Å². The van der Waals surface area contributed by atoms with Crippen LogP contribution in [0.5, 0.6) is 0 Å². The van der Waals surface area contributed by atoms with Crippen LogP contribution in [0.25, 0.3) is 0 Å². The molecule has 2 rings (SSSR count). The molecule has 0 aromatic carbocycles. The van der Waals surface area contributed by atoms with Crippen molar-refractivity contribution < 1.29 is 4.79 Å². The third kappa shape index (κ3) is 3.37. The molecule has 6 heteroatoms. The first kappa shape index (κ1) is 14.1. The molecule has 0 radical (unpaired) electrons. The summed E-state index contributed by atoms with van der Waals surface area (Å²) in [7, 11) is 0. The van der Waals surface area contributed by atoms with Crippen LogP contribution in [-0.2, 0) is 0 Å². The monoisotopic (exact) mass is 282 g/mol. The Balaban J connectivity index is 1.90. The third-order valence-corrected chi connectivity index (χ3v) is 4.40. The largest absolute Gasteiger partial charge is 0.345 e. The van der Waals surface area contributed by atoms with E-state index in [1.54, 1.807) is 11.3 Å². The standard InChI is InChI=1S/C13H22N4OS/c1-9(2)14-12(18)16-5-7-17(8-6-16)13-15-10(3)11(4)19-13/h9H,5-8H2,1-4H3,(H,14,18). The molecule has 0 spiro atoms. The highest BCUT2D eigenvalue weighted by Gasteiger charge is 2.23. The first-order chi connectivity index (χ1) is 8.97. The summed E-state index contributed by atoms with van der Waals surface area (Å²) in [5, 5.41) is 4.02. The van der Waals surface area contributed by atoms with E-state index in [9.17, 15) is 4.79 Å². The van der Waals surface area contributed by atoms with Crippen LogP contribution in [0.3, 0.4) is 0 Å². The molecule has 0 aliphatic carbocycles. The fourth-order valence-corrected chi connectivity index (χ4v) is 2.99. The maximum Gasteiger partial charge on any atom is 0.317 e. The van der Waals surface area contributed by atoms with Crippen LogP contribution in [0.15, 0.2) is 0 Å². The van der Waals surface area contributed by atoms with E-state index in [0.29, 0.717) is 0 Å². The fourth-order valence-electron chi connectivity index (χ4n) is 2.03. The van der Waals surface area contributed by atoms with Gasteiger partial charge < -0.3 is 15.1 Å². The summed E-state index contributed by atoms with van der Waals surface area (Å²) in [5.41, 5.74) is 1.11. The quantitative estimate of drug-likeness (QED) is 0.902. The highest BCUT2D eigenvalue weighted by atomic mass is 32.1. The summed E-state index contributed by atoms with van der Waals surface area (Å²) in [4.78, 5) is 21.9. The molecule has 106 valence electrons. The predicted octanol–water partition coefficient (Wildman–Crippen LogP) is 2.00. The maximum absolute atomic E-state index is 11.9. The number of thiazole rings is 1. The first-order valence-electron chi connectivity index (χ1n) is 6.72. The number of piperazine rings is 1. The van der Waals surface area contributed by atoms with E-state index in [-0.39, 0.29) is 12.1 Å². The van der Waals surface area contributed by atoms with Crippen LogP contribution < -0.4 is 10.2 Å². The maximum atomic E-state index is 11.9. The number of urea groups is 1. The van der Waals surface area contributed by atoms with Crippen molar-refractivity contribution in [2.45, 2.75) is 33.7 Å². The number of amides is 2. The zero-order valence-corrected chi connectivity index (χ0v) is 12.9. The van der Waals surface area contributed by atoms with Gasteiger partial charge in [0.25, 0.3) is 0 Å². The van der Waals surface area contributed by atoms with Crippen LogP contribution in [0, 0.1) is 13.8 Å². The topological polar surface area (TPSA) is 48.5 Å². The van der Waals surface area contributed by atoms with Crippen molar-refractivity contribution in [3.05, 3.63) is 10.6 Å². The minimum atomic E-state index is 0.0427. The molecule has 1 aromatic rings. The molecule has 0 atom stereocenters. The van der Waals surface area contributed by atoms with Gasteiger partial charge in [-0.15, -0.1) is 11.3 Å². The van der Waals surface area contributed by atoms with Gasteiger partial charge in [0.1, 0.15) is 0 Å². The zero-order chi connectivity index (χ0) is 14.0. The summed E-state index contributed by atoms with van der Waals surface area (Å²) in [5.74, 6) is 0. The molecule has 0 bridgehead atoms. The number of nitrogens with one attached hydrogen (secondary N) is 1. The predicted molar refractivity (Wildman–Crippen MR) is 79.0 cm³/mol. The van der Waals surface area contributed by atoms with Crippen LogP contribution in [0.4, 0.5) is 9.93 Å². The molecular formula is C13H22N4OS. The molecule has 1 aliphatic rings. The Hall–Kier alpha value is -1.30. The van der Waals surface area contributed by atoms with E-state index in [0.717, 1.165) is 37.0 Å². The molecular weight excluding hydrogens is 260 g/mol. The molecule has 0 saturated carbocycles. The number of aryl methyl sites for hydroxylation is 2. The van der Waals surface area contributed by atoms with Gasteiger partial charge >= 0.3 is 6.03 Å². The van der Waals surface area contributed by atoms with Gasteiger partial charge in [0.15, 0.2) is 5.13 Å². The number of carbonyl (C=O) groups excluding carboxylic acids is 1. The van der Waals surface area contributed by atoms with Gasteiger partial charge in [-0.25, -0.2) is 9.78 Å². The van der Waals surface area contributed by atoms with Gasteiger partial charge in [-0.05, 0) is 27.7 Å². The zero-order valence-electron chi connectivity index (χ0n) is 12.1. The molecule has 1 fully saturated rings. The van der Waals surface area contributed by atoms with Gasteiger partial charge in [0.05, 0.1) is 5.69 Å². The van der Waals surface area contributed by atoms with Crippen molar-refractivity contribution in [1.82, 2.24) is 15.2 Å². The summed E-state index contributed by atoms with van der Waals surface area (Å²) < 4.78 is 0. The Labute approximate surface area is 118 Å². The normalized spacial score (nSPS) is 16.1. The van der Waals surface area contributed by atoms with E-state index in [1.165, 1.54) is 4.88 Å². The number of anilines is 1. The number of hydrogen-bond acceptors (Lipinski definition) is 4. The van der Waals surface area contributed by atoms with E-state index in [1.807, 2.05) is 25.7 Å². The average molecular weight is 282 g/mol. The highest BCUT2D eigenvalue weighted by molar-refractivity contribution is 7.15. The summed E-state index contributed by atoms with van der Waals surface area (Å²) in [6, 6.07) is 0.232. The lowest BCUT2D eigenvalue weighted by Crippen LogP contribution is -2.52. The minimum absolute atomic E-state index is 0.0427. The van der Waals surface area contributed by atoms with Gasteiger partial charge in [-0.3, -0.25) is 0 Å². The molecule has 5 nitrogen and oxygen atoms in total. The molecule has 1 aromatic heterocycles. The van der Waals surface area contributed by atoms with E-state index < -0.39 is 0 Å². The molecule has 2 amide bonds. The van der Waals surface area contributed by atoms with Crippen molar-refractivity contribution >= 4 is 22.5 Å². The fraction of sp³-hybridized carbons (Fsp3) is 0.692. The van der Waals surface area contributed by atoms with Gasteiger partial charge in [-0.1, -0.05) is 0 Å². The lowest BCUT2D eigenvalue weighted by molar-refractivity contribution is 0.192. The molecule has 1 saturated heterocycles. The van der Waals surface area contributed by atoms with E-state index in [2.05, 4.69) is 22.1 Å². The Morgan fingerprint density at radius 1 is 1.26 bits per heavy atom. The van der Waals surface area contributed by atoms with E-state index >= 15 is 0 Å². The average Bonchev–Trinajstić information content (AvgIpc) is 2.69. The smallest absolute Gasteiger partial charge is 0.317 e. The second-order valence-corrected chi connectivity index (χ2v) is 6.40.